The number of carbonyl (C=O) groups is 1. The molecule has 4 nitrogen and oxygen atoms in total. The van der Waals surface area contributed by atoms with E-state index in [1.807, 2.05) is 70.7 Å². The lowest BCUT2D eigenvalue weighted by molar-refractivity contribution is -0.120. The second kappa shape index (κ2) is 8.99. The smallest absolute Gasteiger partial charge is 0.226 e. The first-order valence-electron chi connectivity index (χ1n) is 9.24. The number of nitrogens with zero attached hydrogens (tertiary/aromatic N) is 2. The molecular weight excluding hydrogens is 425 g/mol. The lowest BCUT2D eigenvalue weighted by Gasteiger charge is -2.19. The van der Waals surface area contributed by atoms with Gasteiger partial charge >= 0.3 is 0 Å². The number of nitrogens with one attached hydrogen (secondary N) is 1. The van der Waals surface area contributed by atoms with Crippen LogP contribution >= 0.6 is 34.5 Å². The average molecular weight is 444 g/mol. The Morgan fingerprint density at radius 1 is 1.07 bits per heavy atom. The number of amides is 1. The standard InChI is InChI=1S/C22H19Cl2N3OS/c23-18-5-1-15(2-6-18)11-17(16-3-7-19(24)8-4-16)13-25-21(28)12-20-14-27-9-10-29-22(27)26-20/h1-10,14,17H,11-13H2,(H,25,28)/t17-/m0/s1. The lowest BCUT2D eigenvalue weighted by Crippen LogP contribution is -2.30. The molecule has 4 aromatic rings. The molecule has 1 amide bonds. The van der Waals surface area contributed by atoms with E-state index >= 15 is 0 Å². The van der Waals surface area contributed by atoms with E-state index in [0.29, 0.717) is 16.6 Å². The van der Waals surface area contributed by atoms with Crippen LogP contribution in [-0.2, 0) is 17.6 Å². The average Bonchev–Trinajstić information content (AvgIpc) is 3.29. The van der Waals surface area contributed by atoms with Gasteiger partial charge in [-0.3, -0.25) is 9.20 Å². The summed E-state index contributed by atoms with van der Waals surface area (Å²) in [5.41, 5.74) is 3.07. The van der Waals surface area contributed by atoms with Gasteiger partial charge in [0.05, 0.1) is 12.1 Å². The Hall–Kier alpha value is -2.34. The molecule has 1 atom stereocenters. The molecule has 2 heterocycles. The summed E-state index contributed by atoms with van der Waals surface area (Å²) in [4.78, 5) is 17.9. The summed E-state index contributed by atoms with van der Waals surface area (Å²) in [6.07, 6.45) is 4.90. The second-order valence-corrected chi connectivity index (χ2v) is 8.63. The third-order valence-corrected chi connectivity index (χ3v) is 6.04. The zero-order chi connectivity index (χ0) is 20.2. The van der Waals surface area contributed by atoms with E-state index < -0.39 is 0 Å². The fourth-order valence-corrected chi connectivity index (χ4v) is 4.24. The van der Waals surface area contributed by atoms with Gasteiger partial charge in [0.1, 0.15) is 0 Å². The van der Waals surface area contributed by atoms with Crippen molar-refractivity contribution in [2.24, 2.45) is 0 Å². The van der Waals surface area contributed by atoms with E-state index in [0.717, 1.165) is 28.2 Å². The summed E-state index contributed by atoms with van der Waals surface area (Å²) in [5.74, 6) is 0.0914. The monoisotopic (exact) mass is 443 g/mol. The molecule has 1 N–H and O–H groups in total. The molecule has 4 rings (SSSR count). The molecule has 0 saturated heterocycles. The van der Waals surface area contributed by atoms with Gasteiger partial charge in [0.15, 0.2) is 4.96 Å². The third-order valence-electron chi connectivity index (χ3n) is 4.77. The van der Waals surface area contributed by atoms with E-state index in [1.165, 1.54) is 0 Å². The summed E-state index contributed by atoms with van der Waals surface area (Å²) in [7, 11) is 0. The largest absolute Gasteiger partial charge is 0.355 e. The molecule has 2 aromatic carbocycles. The number of imidazole rings is 1. The zero-order valence-corrected chi connectivity index (χ0v) is 17.8. The fraction of sp³-hybridized carbons (Fsp3) is 0.182. The summed E-state index contributed by atoms with van der Waals surface area (Å²) in [5, 5.41) is 6.45. The summed E-state index contributed by atoms with van der Waals surface area (Å²) in [6, 6.07) is 15.6. The highest BCUT2D eigenvalue weighted by molar-refractivity contribution is 7.15. The summed E-state index contributed by atoms with van der Waals surface area (Å²) < 4.78 is 1.93. The normalized spacial score (nSPS) is 12.2. The van der Waals surface area contributed by atoms with Gasteiger partial charge in [0.25, 0.3) is 0 Å². The lowest BCUT2D eigenvalue weighted by atomic mass is 9.92. The van der Waals surface area contributed by atoms with Crippen molar-refractivity contribution >= 4 is 45.4 Å². The van der Waals surface area contributed by atoms with Crippen LogP contribution in [0.2, 0.25) is 10.0 Å². The van der Waals surface area contributed by atoms with Crippen LogP contribution in [0.1, 0.15) is 22.7 Å². The molecule has 0 unspecified atom stereocenters. The van der Waals surface area contributed by atoms with Crippen molar-refractivity contribution in [1.29, 1.82) is 0 Å². The molecule has 2 aromatic heterocycles. The van der Waals surface area contributed by atoms with Crippen LogP contribution in [0.15, 0.2) is 66.3 Å². The minimum Gasteiger partial charge on any atom is -0.355 e. The maximum absolute atomic E-state index is 12.5. The van der Waals surface area contributed by atoms with E-state index in [-0.39, 0.29) is 18.2 Å². The fourth-order valence-electron chi connectivity index (χ4n) is 3.27. The van der Waals surface area contributed by atoms with Crippen LogP contribution in [0.4, 0.5) is 0 Å². The molecule has 0 saturated carbocycles. The first-order chi connectivity index (χ1) is 14.1. The van der Waals surface area contributed by atoms with Gasteiger partial charge in [-0.15, -0.1) is 11.3 Å². The van der Waals surface area contributed by atoms with Gasteiger partial charge in [-0.25, -0.2) is 4.98 Å². The van der Waals surface area contributed by atoms with Crippen LogP contribution in [-0.4, -0.2) is 21.8 Å². The van der Waals surface area contributed by atoms with Crippen molar-refractivity contribution < 1.29 is 4.79 Å². The maximum atomic E-state index is 12.5. The van der Waals surface area contributed by atoms with Gasteiger partial charge in [-0.05, 0) is 41.8 Å². The minimum atomic E-state index is -0.0363. The number of aromatic nitrogens is 2. The second-order valence-electron chi connectivity index (χ2n) is 6.89. The third kappa shape index (κ3) is 5.18. The quantitative estimate of drug-likeness (QED) is 0.416. The van der Waals surface area contributed by atoms with Crippen molar-refractivity contribution in [2.45, 2.75) is 18.8 Å². The van der Waals surface area contributed by atoms with Crippen LogP contribution in [0.25, 0.3) is 4.96 Å². The predicted molar refractivity (Wildman–Crippen MR) is 119 cm³/mol. The van der Waals surface area contributed by atoms with Gasteiger partial charge in [0, 0.05) is 40.3 Å². The number of rotatable bonds is 7. The molecule has 29 heavy (non-hydrogen) atoms. The highest BCUT2D eigenvalue weighted by atomic mass is 35.5. The van der Waals surface area contributed by atoms with E-state index in [4.69, 9.17) is 23.2 Å². The number of benzene rings is 2. The van der Waals surface area contributed by atoms with Crippen molar-refractivity contribution in [2.75, 3.05) is 6.54 Å². The Kier molecular flexibility index (Phi) is 6.19. The first-order valence-corrected chi connectivity index (χ1v) is 10.9. The first kappa shape index (κ1) is 20.0. The number of halogens is 2. The molecule has 148 valence electrons. The number of carbonyl (C=O) groups excluding carboxylic acids is 1. The molecule has 0 aliphatic carbocycles. The Morgan fingerprint density at radius 2 is 1.76 bits per heavy atom. The van der Waals surface area contributed by atoms with Crippen molar-refractivity contribution in [3.05, 3.63) is 93.2 Å². The van der Waals surface area contributed by atoms with Gasteiger partial charge in [-0.2, -0.15) is 0 Å². The molecule has 7 heteroatoms. The number of hydrogen-bond donors (Lipinski definition) is 1. The summed E-state index contributed by atoms with van der Waals surface area (Å²) in [6.45, 7) is 0.533. The van der Waals surface area contributed by atoms with Crippen LogP contribution in [0.5, 0.6) is 0 Å². The highest BCUT2D eigenvalue weighted by Gasteiger charge is 2.15. The Labute approximate surface area is 183 Å². The topological polar surface area (TPSA) is 46.4 Å². The maximum Gasteiger partial charge on any atom is 0.226 e. The number of hydrogen-bond acceptors (Lipinski definition) is 3. The van der Waals surface area contributed by atoms with Gasteiger partial charge in [-0.1, -0.05) is 47.5 Å². The van der Waals surface area contributed by atoms with Crippen molar-refractivity contribution in [3.8, 4) is 0 Å². The molecule has 0 fully saturated rings. The van der Waals surface area contributed by atoms with E-state index in [2.05, 4.69) is 10.3 Å². The Bertz CT molecular complexity index is 1070. The predicted octanol–water partition coefficient (Wildman–Crippen LogP) is 5.39. The molecule has 0 bridgehead atoms. The Morgan fingerprint density at radius 3 is 2.45 bits per heavy atom. The SMILES string of the molecule is O=C(Cc1cn2ccsc2n1)NC[C@H](Cc1ccc(Cl)cc1)c1ccc(Cl)cc1. The van der Waals surface area contributed by atoms with Gasteiger partial charge < -0.3 is 5.32 Å². The highest BCUT2D eigenvalue weighted by Crippen LogP contribution is 2.23. The van der Waals surface area contributed by atoms with E-state index in [9.17, 15) is 4.79 Å². The van der Waals surface area contributed by atoms with Crippen molar-refractivity contribution in [3.63, 3.8) is 0 Å². The molecule has 0 aliphatic rings. The number of fused-ring (bicyclic) bond motifs is 1. The minimum absolute atomic E-state index is 0.0363. The van der Waals surface area contributed by atoms with Crippen LogP contribution < -0.4 is 5.32 Å². The van der Waals surface area contributed by atoms with Gasteiger partial charge in [0.2, 0.25) is 5.91 Å². The Balaban J connectivity index is 1.43. The van der Waals surface area contributed by atoms with E-state index in [1.54, 1.807) is 11.3 Å². The zero-order valence-electron chi connectivity index (χ0n) is 15.5. The van der Waals surface area contributed by atoms with Crippen LogP contribution in [0.3, 0.4) is 0 Å². The molecule has 0 radical (unpaired) electrons. The molecule has 0 aliphatic heterocycles. The molecular formula is C22H19Cl2N3OS. The molecule has 0 spiro atoms. The summed E-state index contributed by atoms with van der Waals surface area (Å²) >= 11 is 13.6. The van der Waals surface area contributed by atoms with Crippen LogP contribution in [0, 0.1) is 0 Å². The van der Waals surface area contributed by atoms with Crippen molar-refractivity contribution in [1.82, 2.24) is 14.7 Å². The number of thiazole rings is 1.